The summed E-state index contributed by atoms with van der Waals surface area (Å²) in [4.78, 5) is 4.34. The molecule has 0 saturated heterocycles. The van der Waals surface area contributed by atoms with E-state index in [1.54, 1.807) is 6.07 Å². The molecule has 3 heteroatoms. The number of pyridine rings is 1. The van der Waals surface area contributed by atoms with E-state index in [9.17, 15) is 0 Å². The van der Waals surface area contributed by atoms with Crippen molar-refractivity contribution < 1.29 is 4.74 Å². The number of nitrogens with two attached hydrogens (primary N) is 1. The number of para-hydroxylation sites is 1. The van der Waals surface area contributed by atoms with Crippen molar-refractivity contribution in [1.82, 2.24) is 4.98 Å². The molecule has 0 spiro atoms. The molecule has 0 aliphatic carbocycles. The first kappa shape index (κ1) is 11.7. The summed E-state index contributed by atoms with van der Waals surface area (Å²) in [5.41, 5.74) is 6.55. The first-order valence-electron chi connectivity index (χ1n) is 5.90. The standard InChI is InChI=1S/C14H18N2O/c1-9(2)10(3)17-12-6-4-5-11-7-8-13(15)16-14(11)12/h4-10H,1-3H3,(H2,15,16)/t10-/m0/s1. The molecule has 0 amide bonds. The predicted octanol–water partition coefficient (Wildman–Crippen LogP) is 3.24. The third-order valence-electron chi connectivity index (χ3n) is 2.96. The van der Waals surface area contributed by atoms with Gasteiger partial charge in [-0.15, -0.1) is 0 Å². The summed E-state index contributed by atoms with van der Waals surface area (Å²) in [5, 5.41) is 1.05. The van der Waals surface area contributed by atoms with Crippen molar-refractivity contribution in [3.63, 3.8) is 0 Å². The summed E-state index contributed by atoms with van der Waals surface area (Å²) in [7, 11) is 0. The molecule has 0 aliphatic rings. The Morgan fingerprint density at radius 2 is 1.88 bits per heavy atom. The maximum Gasteiger partial charge on any atom is 0.146 e. The topological polar surface area (TPSA) is 48.1 Å². The number of hydrogen-bond acceptors (Lipinski definition) is 3. The van der Waals surface area contributed by atoms with Crippen LogP contribution in [0, 0.1) is 5.92 Å². The van der Waals surface area contributed by atoms with Crippen LogP contribution in [-0.2, 0) is 0 Å². The highest BCUT2D eigenvalue weighted by Gasteiger charge is 2.11. The van der Waals surface area contributed by atoms with Gasteiger partial charge >= 0.3 is 0 Å². The van der Waals surface area contributed by atoms with E-state index in [2.05, 4.69) is 25.8 Å². The number of fused-ring (bicyclic) bond motifs is 1. The molecule has 1 aromatic heterocycles. The van der Waals surface area contributed by atoms with Crippen LogP contribution < -0.4 is 10.5 Å². The van der Waals surface area contributed by atoms with Crippen LogP contribution in [0.15, 0.2) is 30.3 Å². The van der Waals surface area contributed by atoms with Crippen LogP contribution in [0.3, 0.4) is 0 Å². The largest absolute Gasteiger partial charge is 0.488 e. The van der Waals surface area contributed by atoms with Gasteiger partial charge in [-0.2, -0.15) is 0 Å². The Balaban J connectivity index is 2.43. The van der Waals surface area contributed by atoms with Crippen LogP contribution in [0.25, 0.3) is 10.9 Å². The monoisotopic (exact) mass is 230 g/mol. The number of rotatable bonds is 3. The minimum atomic E-state index is 0.156. The molecule has 0 bridgehead atoms. The van der Waals surface area contributed by atoms with Gasteiger partial charge in [-0.3, -0.25) is 0 Å². The lowest BCUT2D eigenvalue weighted by Gasteiger charge is -2.18. The van der Waals surface area contributed by atoms with Gasteiger partial charge in [-0.25, -0.2) is 4.98 Å². The fourth-order valence-electron chi connectivity index (χ4n) is 1.57. The lowest BCUT2D eigenvalue weighted by molar-refractivity contribution is 0.172. The van der Waals surface area contributed by atoms with Crippen molar-refractivity contribution in [3.05, 3.63) is 30.3 Å². The van der Waals surface area contributed by atoms with Gasteiger partial charge in [0.2, 0.25) is 0 Å². The maximum absolute atomic E-state index is 5.93. The highest BCUT2D eigenvalue weighted by molar-refractivity contribution is 5.85. The van der Waals surface area contributed by atoms with Crippen LogP contribution >= 0.6 is 0 Å². The third kappa shape index (κ3) is 2.49. The molecule has 3 nitrogen and oxygen atoms in total. The lowest BCUT2D eigenvalue weighted by atomic mass is 10.1. The van der Waals surface area contributed by atoms with Gasteiger partial charge in [-0.1, -0.05) is 26.0 Å². The number of aromatic nitrogens is 1. The average molecular weight is 230 g/mol. The van der Waals surface area contributed by atoms with Crippen LogP contribution in [0.1, 0.15) is 20.8 Å². The number of hydrogen-bond donors (Lipinski definition) is 1. The molecule has 0 fully saturated rings. The van der Waals surface area contributed by atoms with Gasteiger partial charge in [0.15, 0.2) is 0 Å². The summed E-state index contributed by atoms with van der Waals surface area (Å²) in [5.74, 6) is 1.79. The van der Waals surface area contributed by atoms with Crippen molar-refractivity contribution in [3.8, 4) is 5.75 Å². The van der Waals surface area contributed by atoms with E-state index in [0.29, 0.717) is 11.7 Å². The predicted molar refractivity (Wildman–Crippen MR) is 71.1 cm³/mol. The summed E-state index contributed by atoms with van der Waals surface area (Å²) < 4.78 is 5.93. The van der Waals surface area contributed by atoms with Crippen molar-refractivity contribution in [2.45, 2.75) is 26.9 Å². The molecule has 0 unspecified atom stereocenters. The zero-order valence-corrected chi connectivity index (χ0v) is 10.5. The zero-order valence-electron chi connectivity index (χ0n) is 10.5. The Hall–Kier alpha value is -1.77. The smallest absolute Gasteiger partial charge is 0.146 e. The van der Waals surface area contributed by atoms with E-state index in [1.165, 1.54) is 0 Å². The fourth-order valence-corrected chi connectivity index (χ4v) is 1.57. The third-order valence-corrected chi connectivity index (χ3v) is 2.96. The van der Waals surface area contributed by atoms with Gasteiger partial charge in [0.05, 0.1) is 6.10 Å². The molecule has 17 heavy (non-hydrogen) atoms. The highest BCUT2D eigenvalue weighted by atomic mass is 16.5. The Bertz CT molecular complexity index is 523. The molecule has 2 N–H and O–H groups in total. The highest BCUT2D eigenvalue weighted by Crippen LogP contribution is 2.26. The van der Waals surface area contributed by atoms with Crippen LogP contribution in [-0.4, -0.2) is 11.1 Å². The number of nitrogen functional groups attached to an aromatic ring is 1. The van der Waals surface area contributed by atoms with Crippen LogP contribution in [0.2, 0.25) is 0 Å². The van der Waals surface area contributed by atoms with E-state index < -0.39 is 0 Å². The van der Waals surface area contributed by atoms with Gasteiger partial charge < -0.3 is 10.5 Å². The molecule has 2 rings (SSSR count). The second-order valence-corrected chi connectivity index (χ2v) is 4.63. The molecular formula is C14H18N2O. The molecule has 0 saturated carbocycles. The zero-order chi connectivity index (χ0) is 12.4. The average Bonchev–Trinajstić information content (AvgIpc) is 2.29. The van der Waals surface area contributed by atoms with Crippen LogP contribution in [0.4, 0.5) is 5.82 Å². The Labute approximate surface area is 102 Å². The van der Waals surface area contributed by atoms with Crippen molar-refractivity contribution in [2.24, 2.45) is 5.92 Å². The lowest BCUT2D eigenvalue weighted by Crippen LogP contribution is -2.18. The first-order chi connectivity index (χ1) is 8.08. The van der Waals surface area contributed by atoms with E-state index in [-0.39, 0.29) is 6.10 Å². The van der Waals surface area contributed by atoms with Gasteiger partial charge in [0.25, 0.3) is 0 Å². The molecule has 1 heterocycles. The summed E-state index contributed by atoms with van der Waals surface area (Å²) >= 11 is 0. The molecule has 1 atom stereocenters. The van der Waals surface area contributed by atoms with E-state index >= 15 is 0 Å². The Morgan fingerprint density at radius 3 is 2.59 bits per heavy atom. The van der Waals surface area contributed by atoms with Crippen molar-refractivity contribution >= 4 is 16.7 Å². The molecule has 90 valence electrons. The van der Waals surface area contributed by atoms with Crippen molar-refractivity contribution in [2.75, 3.05) is 5.73 Å². The molecule has 0 radical (unpaired) electrons. The summed E-state index contributed by atoms with van der Waals surface area (Å²) in [6.45, 7) is 6.34. The van der Waals surface area contributed by atoms with Gasteiger partial charge in [0.1, 0.15) is 17.1 Å². The first-order valence-corrected chi connectivity index (χ1v) is 5.90. The van der Waals surface area contributed by atoms with Gasteiger partial charge in [-0.05, 0) is 31.0 Å². The maximum atomic E-state index is 5.93. The molecule has 2 aromatic rings. The minimum Gasteiger partial charge on any atom is -0.488 e. The quantitative estimate of drug-likeness (QED) is 0.880. The normalized spacial score (nSPS) is 12.9. The summed E-state index contributed by atoms with van der Waals surface area (Å²) in [6, 6.07) is 9.69. The van der Waals surface area contributed by atoms with E-state index in [1.807, 2.05) is 24.3 Å². The van der Waals surface area contributed by atoms with E-state index in [4.69, 9.17) is 10.5 Å². The molecular weight excluding hydrogens is 212 g/mol. The van der Waals surface area contributed by atoms with E-state index in [0.717, 1.165) is 16.7 Å². The number of anilines is 1. The fraction of sp³-hybridized carbons (Fsp3) is 0.357. The second kappa shape index (κ2) is 4.62. The van der Waals surface area contributed by atoms with Gasteiger partial charge in [0, 0.05) is 5.39 Å². The minimum absolute atomic E-state index is 0.156. The van der Waals surface area contributed by atoms with Crippen LogP contribution in [0.5, 0.6) is 5.75 Å². The Morgan fingerprint density at radius 1 is 1.12 bits per heavy atom. The number of nitrogens with zero attached hydrogens (tertiary/aromatic N) is 1. The SMILES string of the molecule is CC(C)[C@H](C)Oc1cccc2ccc(N)nc12. The second-order valence-electron chi connectivity index (χ2n) is 4.63. The summed E-state index contributed by atoms with van der Waals surface area (Å²) in [6.07, 6.45) is 0.156. The Kier molecular flexibility index (Phi) is 3.18. The number of benzene rings is 1. The number of ether oxygens (including phenoxy) is 1. The van der Waals surface area contributed by atoms with Crippen molar-refractivity contribution in [1.29, 1.82) is 0 Å². The molecule has 1 aromatic carbocycles. The molecule has 0 aliphatic heterocycles.